The van der Waals surface area contributed by atoms with Gasteiger partial charge in [-0.25, -0.2) is 4.39 Å². The number of benzene rings is 1. The number of hydrogen-bond donors (Lipinski definition) is 1. The first-order valence-electron chi connectivity index (χ1n) is 4.32. The SMILES string of the molecule is Fc1ccccc1NCc1nn[c]([Al])s1. The Morgan fingerprint density at radius 1 is 1.33 bits per heavy atom. The smallest absolute Gasteiger partial charge is 0.231 e. The van der Waals surface area contributed by atoms with Gasteiger partial charge in [0.1, 0.15) is 10.8 Å². The molecule has 1 aromatic carbocycles. The highest BCUT2D eigenvalue weighted by atomic mass is 32.1. The highest BCUT2D eigenvalue weighted by molar-refractivity contribution is 7.19. The molecule has 0 aliphatic rings. The maximum Gasteiger partial charge on any atom is 0.231 e. The summed E-state index contributed by atoms with van der Waals surface area (Å²) in [5.41, 5.74) is 0.484. The Bertz CT molecular complexity index is 460. The van der Waals surface area contributed by atoms with Gasteiger partial charge < -0.3 is 5.32 Å². The predicted molar refractivity (Wildman–Crippen MR) is 59.0 cm³/mol. The molecule has 0 amide bonds. The Hall–Kier alpha value is -0.958. The number of para-hydroxylation sites is 1. The second-order valence-corrected chi connectivity index (χ2v) is 4.93. The molecule has 0 saturated carbocycles. The highest BCUT2D eigenvalue weighted by Crippen LogP contribution is 2.13. The van der Waals surface area contributed by atoms with Crippen molar-refractivity contribution in [3.8, 4) is 0 Å². The van der Waals surface area contributed by atoms with Crippen molar-refractivity contribution in [2.75, 3.05) is 5.32 Å². The van der Waals surface area contributed by atoms with Crippen LogP contribution in [0, 0.1) is 5.82 Å². The van der Waals surface area contributed by atoms with Gasteiger partial charge in [0, 0.05) is 3.87 Å². The van der Waals surface area contributed by atoms with Crippen molar-refractivity contribution in [1.82, 2.24) is 10.2 Å². The molecule has 3 nitrogen and oxygen atoms in total. The molecular weight excluding hydrogens is 228 g/mol. The predicted octanol–water partition coefficient (Wildman–Crippen LogP) is 1.08. The number of hydrogen-bond acceptors (Lipinski definition) is 4. The number of rotatable bonds is 3. The maximum atomic E-state index is 13.2. The maximum absolute atomic E-state index is 13.2. The van der Waals surface area contributed by atoms with Gasteiger partial charge >= 0.3 is 0 Å². The van der Waals surface area contributed by atoms with Crippen molar-refractivity contribution < 1.29 is 4.39 Å². The minimum Gasteiger partial charge on any atom is -0.376 e. The number of nitrogens with zero attached hydrogens (tertiary/aromatic N) is 2. The Morgan fingerprint density at radius 2 is 2.13 bits per heavy atom. The molecule has 0 aliphatic carbocycles. The largest absolute Gasteiger partial charge is 0.376 e. The number of nitrogens with one attached hydrogen (secondary N) is 1. The summed E-state index contributed by atoms with van der Waals surface area (Å²) in [5.74, 6) is -0.256. The fourth-order valence-electron chi connectivity index (χ4n) is 1.11. The van der Waals surface area contributed by atoms with Crippen LogP contribution in [0.4, 0.5) is 10.1 Å². The van der Waals surface area contributed by atoms with E-state index in [9.17, 15) is 4.39 Å². The average molecular weight is 235 g/mol. The van der Waals surface area contributed by atoms with Gasteiger partial charge in [-0.1, -0.05) is 12.1 Å². The van der Waals surface area contributed by atoms with Crippen molar-refractivity contribution >= 4 is 37.2 Å². The molecule has 0 unspecified atom stereocenters. The van der Waals surface area contributed by atoms with Crippen LogP contribution in [0.3, 0.4) is 0 Å². The minimum atomic E-state index is -0.256. The molecule has 1 heterocycles. The van der Waals surface area contributed by atoms with Gasteiger partial charge in [-0.05, 0) is 12.1 Å². The molecule has 2 aromatic rings. The fourth-order valence-corrected chi connectivity index (χ4v) is 2.13. The average Bonchev–Trinajstić information content (AvgIpc) is 2.63. The number of anilines is 1. The summed E-state index contributed by atoms with van der Waals surface area (Å²) >= 11 is 3.95. The zero-order valence-electron chi connectivity index (χ0n) is 7.77. The Morgan fingerprint density at radius 3 is 2.80 bits per heavy atom. The fraction of sp³-hybridized carbons (Fsp3) is 0.111. The molecule has 0 atom stereocenters. The number of halogens is 1. The summed E-state index contributed by atoms with van der Waals surface area (Å²) < 4.78 is 14.0. The van der Waals surface area contributed by atoms with E-state index in [1.807, 2.05) is 0 Å². The van der Waals surface area contributed by atoms with Crippen LogP contribution in [0.25, 0.3) is 0 Å². The third-order valence-corrected chi connectivity index (χ3v) is 3.01. The molecule has 2 rings (SSSR count). The van der Waals surface area contributed by atoms with Crippen LogP contribution in [0.2, 0.25) is 0 Å². The van der Waals surface area contributed by atoms with Gasteiger partial charge in [0.05, 0.1) is 12.2 Å². The van der Waals surface area contributed by atoms with Gasteiger partial charge in [0.25, 0.3) is 0 Å². The minimum absolute atomic E-state index is 0.256. The van der Waals surface area contributed by atoms with E-state index < -0.39 is 0 Å². The lowest BCUT2D eigenvalue weighted by atomic mass is 10.3. The Kier molecular flexibility index (Phi) is 3.31. The van der Waals surface area contributed by atoms with Crippen LogP contribution in [-0.2, 0) is 6.54 Å². The molecule has 2 radical (unpaired) electrons. The van der Waals surface area contributed by atoms with Crippen molar-refractivity contribution in [2.45, 2.75) is 6.54 Å². The third-order valence-electron chi connectivity index (χ3n) is 1.79. The third kappa shape index (κ3) is 2.75. The van der Waals surface area contributed by atoms with E-state index in [2.05, 4.69) is 31.8 Å². The zero-order valence-corrected chi connectivity index (χ0v) is 9.75. The van der Waals surface area contributed by atoms with Gasteiger partial charge in [-0.2, -0.15) is 5.10 Å². The summed E-state index contributed by atoms with van der Waals surface area (Å²) in [6.07, 6.45) is 0. The summed E-state index contributed by atoms with van der Waals surface area (Å²) in [6, 6.07) is 6.56. The van der Waals surface area contributed by atoms with E-state index in [0.717, 1.165) is 8.88 Å². The van der Waals surface area contributed by atoms with Crippen LogP contribution in [0.5, 0.6) is 0 Å². The molecule has 0 fully saturated rings. The van der Waals surface area contributed by atoms with Crippen LogP contribution < -0.4 is 9.19 Å². The van der Waals surface area contributed by atoms with Crippen molar-refractivity contribution in [2.24, 2.45) is 0 Å². The lowest BCUT2D eigenvalue weighted by Gasteiger charge is -2.04. The first-order chi connectivity index (χ1) is 7.25. The second-order valence-electron chi connectivity index (χ2n) is 2.87. The molecular formula is C9H7AlFN3S. The first kappa shape index (κ1) is 10.6. The lowest BCUT2D eigenvalue weighted by Crippen LogP contribution is -2.00. The van der Waals surface area contributed by atoms with Crippen LogP contribution in [-0.4, -0.2) is 26.5 Å². The highest BCUT2D eigenvalue weighted by Gasteiger charge is 2.02. The summed E-state index contributed by atoms with van der Waals surface area (Å²) in [6.45, 7) is 0.493. The van der Waals surface area contributed by atoms with E-state index >= 15 is 0 Å². The molecule has 0 bridgehead atoms. The Labute approximate surface area is 98.8 Å². The van der Waals surface area contributed by atoms with E-state index in [0.29, 0.717) is 12.2 Å². The van der Waals surface area contributed by atoms with Gasteiger partial charge in [-0.3, -0.25) is 0 Å². The van der Waals surface area contributed by atoms with Crippen molar-refractivity contribution in [3.63, 3.8) is 0 Å². The standard InChI is InChI=1S/C9H7FN3S.Al/c10-7-3-1-2-4-8(7)11-5-9-13-12-6-14-9;/h1-4,11H,5H2;. The quantitative estimate of drug-likeness (QED) is 0.809. The molecule has 6 heteroatoms. The van der Waals surface area contributed by atoms with E-state index in [-0.39, 0.29) is 5.82 Å². The van der Waals surface area contributed by atoms with E-state index in [4.69, 9.17) is 0 Å². The summed E-state index contributed by atoms with van der Waals surface area (Å²) in [4.78, 5) is 0. The van der Waals surface area contributed by atoms with Crippen molar-refractivity contribution in [3.05, 3.63) is 35.1 Å². The Balaban J connectivity index is 2.02. The van der Waals surface area contributed by atoms with E-state index in [1.54, 1.807) is 18.2 Å². The molecule has 1 aromatic heterocycles. The number of aromatic nitrogens is 2. The first-order valence-corrected chi connectivity index (χ1v) is 5.71. The zero-order chi connectivity index (χ0) is 10.7. The lowest BCUT2D eigenvalue weighted by molar-refractivity contribution is 0.630. The summed E-state index contributed by atoms with van der Waals surface area (Å²) in [5, 5.41) is 11.6. The van der Waals surface area contributed by atoms with Crippen LogP contribution in [0.1, 0.15) is 5.01 Å². The van der Waals surface area contributed by atoms with E-state index in [1.165, 1.54) is 17.4 Å². The molecule has 0 aliphatic heterocycles. The van der Waals surface area contributed by atoms with Crippen molar-refractivity contribution in [1.29, 1.82) is 0 Å². The molecule has 15 heavy (non-hydrogen) atoms. The molecule has 74 valence electrons. The molecule has 0 saturated heterocycles. The summed E-state index contributed by atoms with van der Waals surface area (Å²) in [7, 11) is 0. The van der Waals surface area contributed by atoms with Gasteiger partial charge in [0.15, 0.2) is 0 Å². The van der Waals surface area contributed by atoms with Gasteiger partial charge in [0.2, 0.25) is 16.3 Å². The van der Waals surface area contributed by atoms with Crippen LogP contribution >= 0.6 is 11.3 Å². The second kappa shape index (κ2) is 4.71. The molecule has 0 spiro atoms. The normalized spacial score (nSPS) is 10.2. The topological polar surface area (TPSA) is 37.8 Å². The van der Waals surface area contributed by atoms with Gasteiger partial charge in [-0.15, -0.1) is 16.4 Å². The monoisotopic (exact) mass is 235 g/mol. The molecule has 1 N–H and O–H groups in total. The van der Waals surface area contributed by atoms with Crippen LogP contribution in [0.15, 0.2) is 24.3 Å².